The van der Waals surface area contributed by atoms with Gasteiger partial charge in [0, 0.05) is 12.2 Å². The van der Waals surface area contributed by atoms with Crippen molar-refractivity contribution in [3.05, 3.63) is 29.8 Å². The number of para-hydroxylation sites is 1. The highest BCUT2D eigenvalue weighted by atomic mass is 14.9. The topological polar surface area (TPSA) is 12.0 Å². The van der Waals surface area contributed by atoms with Crippen LogP contribution in [-0.2, 0) is 0 Å². The van der Waals surface area contributed by atoms with Crippen molar-refractivity contribution in [2.45, 2.75) is 64.2 Å². The second kappa shape index (κ2) is 7.45. The minimum absolute atomic E-state index is 0.800. The summed E-state index contributed by atoms with van der Waals surface area (Å²) in [5, 5.41) is 3.51. The molecule has 100 valence electrons. The van der Waals surface area contributed by atoms with Crippen LogP contribution < -0.4 is 5.32 Å². The molecule has 0 aliphatic carbocycles. The fourth-order valence-corrected chi connectivity index (χ4v) is 3.02. The Balaban J connectivity index is 1.74. The van der Waals surface area contributed by atoms with Crippen LogP contribution in [-0.4, -0.2) is 6.54 Å². The summed E-state index contributed by atoms with van der Waals surface area (Å²) in [6.45, 7) is 3.43. The molecule has 0 spiro atoms. The van der Waals surface area contributed by atoms with Gasteiger partial charge in [-0.05, 0) is 30.4 Å². The molecule has 0 amide bonds. The zero-order valence-electron chi connectivity index (χ0n) is 11.8. The molecule has 1 aliphatic rings. The van der Waals surface area contributed by atoms with Crippen LogP contribution in [0.3, 0.4) is 0 Å². The number of fused-ring (bicyclic) bond motifs is 1. The molecule has 1 aromatic rings. The standard InChI is InChI=1S/C17H27N/c1-2-3-4-5-6-7-10-15-13-14-18-17-12-9-8-11-16(15)17/h8-9,11-12,15,18H,2-7,10,13-14H2,1H3. The zero-order valence-corrected chi connectivity index (χ0v) is 11.8. The molecule has 0 saturated heterocycles. The first-order valence-electron chi connectivity index (χ1n) is 7.74. The third kappa shape index (κ3) is 3.76. The number of anilines is 1. The predicted molar refractivity (Wildman–Crippen MR) is 80.3 cm³/mol. The van der Waals surface area contributed by atoms with E-state index in [0.29, 0.717) is 0 Å². The van der Waals surface area contributed by atoms with E-state index in [-0.39, 0.29) is 0 Å². The Kier molecular flexibility index (Phi) is 5.57. The van der Waals surface area contributed by atoms with Gasteiger partial charge in [0.1, 0.15) is 0 Å². The van der Waals surface area contributed by atoms with Crippen LogP contribution in [0.2, 0.25) is 0 Å². The van der Waals surface area contributed by atoms with E-state index in [4.69, 9.17) is 0 Å². The Morgan fingerprint density at radius 1 is 1.06 bits per heavy atom. The second-order valence-electron chi connectivity index (χ2n) is 5.56. The molecule has 0 saturated carbocycles. The van der Waals surface area contributed by atoms with Crippen LogP contribution >= 0.6 is 0 Å². The number of unbranched alkanes of at least 4 members (excludes halogenated alkanes) is 5. The molecule has 1 heterocycles. The van der Waals surface area contributed by atoms with E-state index < -0.39 is 0 Å². The van der Waals surface area contributed by atoms with Crippen molar-refractivity contribution in [1.82, 2.24) is 0 Å². The number of rotatable bonds is 7. The Morgan fingerprint density at radius 2 is 1.83 bits per heavy atom. The van der Waals surface area contributed by atoms with Crippen LogP contribution in [0, 0.1) is 0 Å². The third-order valence-corrected chi connectivity index (χ3v) is 4.12. The monoisotopic (exact) mass is 245 g/mol. The summed E-state index contributed by atoms with van der Waals surface area (Å²) in [4.78, 5) is 0. The minimum atomic E-state index is 0.800. The highest BCUT2D eigenvalue weighted by Crippen LogP contribution is 2.34. The maximum atomic E-state index is 3.51. The van der Waals surface area contributed by atoms with E-state index in [1.54, 1.807) is 5.56 Å². The smallest absolute Gasteiger partial charge is 0.0375 e. The number of hydrogen-bond acceptors (Lipinski definition) is 1. The molecule has 1 nitrogen and oxygen atoms in total. The van der Waals surface area contributed by atoms with Crippen molar-refractivity contribution in [2.75, 3.05) is 11.9 Å². The highest BCUT2D eigenvalue weighted by Gasteiger charge is 2.18. The van der Waals surface area contributed by atoms with E-state index in [9.17, 15) is 0 Å². The van der Waals surface area contributed by atoms with Crippen LogP contribution in [0.5, 0.6) is 0 Å². The first kappa shape index (κ1) is 13.5. The van der Waals surface area contributed by atoms with Crippen LogP contribution in [0.1, 0.15) is 69.8 Å². The van der Waals surface area contributed by atoms with Crippen LogP contribution in [0.4, 0.5) is 5.69 Å². The van der Waals surface area contributed by atoms with E-state index in [1.807, 2.05) is 0 Å². The normalized spacial score (nSPS) is 18.2. The number of nitrogens with one attached hydrogen (secondary N) is 1. The van der Waals surface area contributed by atoms with Crippen LogP contribution in [0.15, 0.2) is 24.3 Å². The Labute approximate surface area is 112 Å². The molecule has 0 aromatic heterocycles. The number of benzene rings is 1. The maximum Gasteiger partial charge on any atom is 0.0375 e. The van der Waals surface area contributed by atoms with Crippen molar-refractivity contribution in [3.63, 3.8) is 0 Å². The molecule has 1 aromatic carbocycles. The SMILES string of the molecule is CCCCCCCCC1CCNc2ccccc21. The summed E-state index contributed by atoms with van der Waals surface area (Å²) >= 11 is 0. The molecule has 1 atom stereocenters. The van der Waals surface area contributed by atoms with Crippen molar-refractivity contribution >= 4 is 5.69 Å². The minimum Gasteiger partial charge on any atom is -0.385 e. The number of hydrogen-bond donors (Lipinski definition) is 1. The fraction of sp³-hybridized carbons (Fsp3) is 0.647. The van der Waals surface area contributed by atoms with Gasteiger partial charge in [0.05, 0.1) is 0 Å². The summed E-state index contributed by atoms with van der Waals surface area (Å²) in [5.41, 5.74) is 2.93. The van der Waals surface area contributed by atoms with E-state index in [1.165, 1.54) is 57.1 Å². The lowest BCUT2D eigenvalue weighted by Gasteiger charge is -2.26. The van der Waals surface area contributed by atoms with Crippen molar-refractivity contribution in [2.24, 2.45) is 0 Å². The van der Waals surface area contributed by atoms with Gasteiger partial charge in [-0.3, -0.25) is 0 Å². The quantitative estimate of drug-likeness (QED) is 0.640. The summed E-state index contributed by atoms with van der Waals surface area (Å²) in [7, 11) is 0. The Hall–Kier alpha value is -0.980. The maximum absolute atomic E-state index is 3.51. The lowest BCUT2D eigenvalue weighted by Crippen LogP contribution is -2.16. The molecule has 1 unspecified atom stereocenters. The molecule has 0 fully saturated rings. The van der Waals surface area contributed by atoms with Gasteiger partial charge >= 0.3 is 0 Å². The first-order chi connectivity index (χ1) is 8.92. The average Bonchev–Trinajstić information content (AvgIpc) is 2.43. The molecule has 0 radical (unpaired) electrons. The summed E-state index contributed by atoms with van der Waals surface area (Å²) < 4.78 is 0. The molecule has 1 N–H and O–H groups in total. The van der Waals surface area contributed by atoms with E-state index in [2.05, 4.69) is 36.5 Å². The highest BCUT2D eigenvalue weighted by molar-refractivity contribution is 5.54. The average molecular weight is 245 g/mol. The van der Waals surface area contributed by atoms with Gasteiger partial charge in [0.25, 0.3) is 0 Å². The van der Waals surface area contributed by atoms with Crippen molar-refractivity contribution in [3.8, 4) is 0 Å². The predicted octanol–water partition coefficient (Wildman–Crippen LogP) is 5.34. The van der Waals surface area contributed by atoms with Gasteiger partial charge in [-0.25, -0.2) is 0 Å². The zero-order chi connectivity index (χ0) is 12.6. The van der Waals surface area contributed by atoms with Crippen molar-refractivity contribution in [1.29, 1.82) is 0 Å². The Bertz CT molecular complexity index is 345. The molecule has 2 rings (SSSR count). The molecular weight excluding hydrogens is 218 g/mol. The summed E-state index contributed by atoms with van der Waals surface area (Å²) in [6.07, 6.45) is 11.1. The third-order valence-electron chi connectivity index (χ3n) is 4.12. The Morgan fingerprint density at radius 3 is 2.72 bits per heavy atom. The lowest BCUT2D eigenvalue weighted by atomic mass is 9.87. The fourth-order valence-electron chi connectivity index (χ4n) is 3.02. The van der Waals surface area contributed by atoms with Gasteiger partial charge in [0.15, 0.2) is 0 Å². The van der Waals surface area contributed by atoms with Gasteiger partial charge in [-0.2, -0.15) is 0 Å². The first-order valence-corrected chi connectivity index (χ1v) is 7.74. The van der Waals surface area contributed by atoms with E-state index >= 15 is 0 Å². The lowest BCUT2D eigenvalue weighted by molar-refractivity contribution is 0.517. The van der Waals surface area contributed by atoms with Crippen molar-refractivity contribution < 1.29 is 0 Å². The molecular formula is C17H27N. The molecule has 0 bridgehead atoms. The van der Waals surface area contributed by atoms with Crippen LogP contribution in [0.25, 0.3) is 0 Å². The molecule has 18 heavy (non-hydrogen) atoms. The van der Waals surface area contributed by atoms with Gasteiger partial charge < -0.3 is 5.32 Å². The molecule has 1 aliphatic heterocycles. The molecule has 1 heteroatoms. The summed E-state index contributed by atoms with van der Waals surface area (Å²) in [5.74, 6) is 0.800. The second-order valence-corrected chi connectivity index (χ2v) is 5.56. The van der Waals surface area contributed by atoms with E-state index in [0.717, 1.165) is 12.5 Å². The van der Waals surface area contributed by atoms with Gasteiger partial charge in [-0.1, -0.05) is 63.6 Å². The van der Waals surface area contributed by atoms with Gasteiger partial charge in [-0.15, -0.1) is 0 Å². The summed E-state index contributed by atoms with van der Waals surface area (Å²) in [6, 6.07) is 8.85. The van der Waals surface area contributed by atoms with Gasteiger partial charge in [0.2, 0.25) is 0 Å². The largest absolute Gasteiger partial charge is 0.385 e.